The van der Waals surface area contributed by atoms with Crippen molar-refractivity contribution in [2.75, 3.05) is 0 Å². The summed E-state index contributed by atoms with van der Waals surface area (Å²) in [6.45, 7) is 2.00. The Morgan fingerprint density at radius 3 is 2.71 bits per heavy atom. The number of aromatic hydroxyl groups is 1. The lowest BCUT2D eigenvalue weighted by Crippen LogP contribution is -2.03. The maximum absolute atomic E-state index is 9.94. The van der Waals surface area contributed by atoms with Crippen LogP contribution in [0.4, 0.5) is 0 Å². The van der Waals surface area contributed by atoms with Gasteiger partial charge >= 0.3 is 0 Å². The Kier molecular flexibility index (Phi) is 1.96. The molecule has 0 bridgehead atoms. The van der Waals surface area contributed by atoms with E-state index in [1.54, 1.807) is 0 Å². The average Bonchev–Trinajstić information content (AvgIpc) is 2.99. The average molecular weight is 187 g/mol. The molecular weight excluding hydrogens is 174 g/mol. The third-order valence-corrected chi connectivity index (χ3v) is 2.98. The Morgan fingerprint density at radius 2 is 2.21 bits per heavy atom. The van der Waals surface area contributed by atoms with Gasteiger partial charge in [-0.05, 0) is 24.8 Å². The molecule has 1 aliphatic rings. The minimum atomic E-state index is -0.380. The number of hydrogen-bond acceptors (Lipinski definition) is 2. The molecule has 2 nitrogen and oxygen atoms in total. The van der Waals surface area contributed by atoms with E-state index in [0.29, 0.717) is 5.75 Å². The first kappa shape index (κ1) is 9.08. The van der Waals surface area contributed by atoms with Crippen molar-refractivity contribution in [2.24, 2.45) is 0 Å². The predicted molar refractivity (Wildman–Crippen MR) is 54.0 cm³/mol. The van der Waals surface area contributed by atoms with Gasteiger partial charge in [0.2, 0.25) is 0 Å². The van der Waals surface area contributed by atoms with Gasteiger partial charge in [-0.25, -0.2) is 0 Å². The number of rotatable bonds is 2. The van der Waals surface area contributed by atoms with E-state index in [1.165, 1.54) is 0 Å². The molecule has 0 aliphatic heterocycles. The van der Waals surface area contributed by atoms with Gasteiger partial charge in [-0.3, -0.25) is 0 Å². The zero-order chi connectivity index (χ0) is 10.2. The molecule has 1 saturated carbocycles. The Labute approximate surface area is 83.8 Å². The third-order valence-electron chi connectivity index (χ3n) is 2.98. The van der Waals surface area contributed by atoms with Crippen LogP contribution in [0.2, 0.25) is 0 Å². The van der Waals surface area contributed by atoms with E-state index >= 15 is 0 Å². The second-order valence-corrected chi connectivity index (χ2v) is 3.86. The van der Waals surface area contributed by atoms with Crippen LogP contribution in [0.3, 0.4) is 0 Å². The van der Waals surface area contributed by atoms with Crippen molar-refractivity contribution in [1.82, 2.24) is 0 Å². The molecule has 0 spiro atoms. The molecule has 0 radical (unpaired) electrons. The van der Waals surface area contributed by atoms with Gasteiger partial charge in [0.25, 0.3) is 0 Å². The minimum absolute atomic E-state index is 0.328. The highest BCUT2D eigenvalue weighted by molar-refractivity contribution is 5.51. The topological polar surface area (TPSA) is 44.0 Å². The third kappa shape index (κ3) is 1.17. The van der Waals surface area contributed by atoms with E-state index in [0.717, 1.165) is 30.4 Å². The highest BCUT2D eigenvalue weighted by Crippen LogP contribution is 2.51. The van der Waals surface area contributed by atoms with E-state index in [1.807, 2.05) is 25.1 Å². The van der Waals surface area contributed by atoms with E-state index < -0.39 is 0 Å². The van der Waals surface area contributed by atoms with Crippen molar-refractivity contribution in [2.45, 2.75) is 31.6 Å². The van der Waals surface area contributed by atoms with Crippen LogP contribution in [0, 0.1) is 11.3 Å². The lowest BCUT2D eigenvalue weighted by Gasteiger charge is -2.11. The van der Waals surface area contributed by atoms with E-state index in [2.05, 4.69) is 6.07 Å². The number of phenols is 1. The standard InChI is InChI=1S/C12H13NO/c1-2-9-4-3-5-10(11(9)14)12(8-13)6-7-12/h3-5,14H,2,6-7H2,1H3. The molecular formula is C12H13NO. The molecule has 0 aromatic heterocycles. The van der Waals surface area contributed by atoms with Crippen LogP contribution < -0.4 is 0 Å². The highest BCUT2D eigenvalue weighted by Gasteiger charge is 2.46. The lowest BCUT2D eigenvalue weighted by molar-refractivity contribution is 0.458. The fourth-order valence-electron chi connectivity index (χ4n) is 1.83. The lowest BCUT2D eigenvalue weighted by atomic mass is 9.94. The molecule has 14 heavy (non-hydrogen) atoms. The first-order valence-electron chi connectivity index (χ1n) is 4.96. The number of nitriles is 1. The Balaban J connectivity index is 2.50. The van der Waals surface area contributed by atoms with Crippen LogP contribution in [0.5, 0.6) is 5.75 Å². The second kappa shape index (κ2) is 3.02. The van der Waals surface area contributed by atoms with Crippen LogP contribution in [-0.2, 0) is 11.8 Å². The van der Waals surface area contributed by atoms with E-state index in [4.69, 9.17) is 5.26 Å². The van der Waals surface area contributed by atoms with E-state index in [9.17, 15) is 5.11 Å². The van der Waals surface area contributed by atoms with Gasteiger partial charge in [0.05, 0.1) is 11.5 Å². The summed E-state index contributed by atoms with van der Waals surface area (Å²) in [5.74, 6) is 0.328. The van der Waals surface area contributed by atoms with Crippen LogP contribution in [0.25, 0.3) is 0 Å². The summed E-state index contributed by atoms with van der Waals surface area (Å²) in [6, 6.07) is 8.00. The number of para-hydroxylation sites is 1. The maximum atomic E-state index is 9.94. The fraction of sp³-hybridized carbons (Fsp3) is 0.417. The Bertz CT molecular complexity index is 399. The molecule has 72 valence electrons. The van der Waals surface area contributed by atoms with Gasteiger partial charge in [-0.1, -0.05) is 25.1 Å². The van der Waals surface area contributed by atoms with Gasteiger partial charge in [0, 0.05) is 5.56 Å². The zero-order valence-corrected chi connectivity index (χ0v) is 8.25. The van der Waals surface area contributed by atoms with Crippen LogP contribution >= 0.6 is 0 Å². The largest absolute Gasteiger partial charge is 0.507 e. The highest BCUT2D eigenvalue weighted by atomic mass is 16.3. The molecule has 2 heteroatoms. The maximum Gasteiger partial charge on any atom is 0.123 e. The SMILES string of the molecule is CCc1cccc(C2(C#N)CC2)c1O. The summed E-state index contributed by atoms with van der Waals surface area (Å²) in [5, 5.41) is 19.0. The molecule has 0 heterocycles. The number of benzene rings is 1. The quantitative estimate of drug-likeness (QED) is 0.773. The van der Waals surface area contributed by atoms with Crippen molar-refractivity contribution in [3.8, 4) is 11.8 Å². The minimum Gasteiger partial charge on any atom is -0.507 e. The number of phenolic OH excluding ortho intramolecular Hbond substituents is 1. The second-order valence-electron chi connectivity index (χ2n) is 3.86. The molecule has 1 aromatic carbocycles. The first-order valence-corrected chi connectivity index (χ1v) is 4.96. The molecule has 1 N–H and O–H groups in total. The fourth-order valence-corrected chi connectivity index (χ4v) is 1.83. The zero-order valence-electron chi connectivity index (χ0n) is 8.25. The Hall–Kier alpha value is -1.49. The molecule has 0 saturated heterocycles. The molecule has 0 atom stereocenters. The summed E-state index contributed by atoms with van der Waals surface area (Å²) in [5.41, 5.74) is 1.37. The number of hydrogen-bond donors (Lipinski definition) is 1. The summed E-state index contributed by atoms with van der Waals surface area (Å²) < 4.78 is 0. The number of nitrogens with zero attached hydrogens (tertiary/aromatic N) is 1. The summed E-state index contributed by atoms with van der Waals surface area (Å²) in [6.07, 6.45) is 2.57. The first-order chi connectivity index (χ1) is 6.73. The number of aryl methyl sites for hydroxylation is 1. The van der Waals surface area contributed by atoms with Crippen LogP contribution in [0.15, 0.2) is 18.2 Å². The molecule has 1 aliphatic carbocycles. The summed E-state index contributed by atoms with van der Waals surface area (Å²) >= 11 is 0. The molecule has 1 aromatic rings. The normalized spacial score (nSPS) is 17.4. The van der Waals surface area contributed by atoms with Gasteiger partial charge in [0.15, 0.2) is 0 Å². The van der Waals surface area contributed by atoms with Gasteiger partial charge in [0.1, 0.15) is 5.75 Å². The van der Waals surface area contributed by atoms with Gasteiger partial charge in [-0.2, -0.15) is 5.26 Å². The van der Waals surface area contributed by atoms with Crippen LogP contribution in [0.1, 0.15) is 30.9 Å². The van der Waals surface area contributed by atoms with Crippen molar-refractivity contribution in [3.05, 3.63) is 29.3 Å². The monoisotopic (exact) mass is 187 g/mol. The molecule has 1 fully saturated rings. The molecule has 0 unspecified atom stereocenters. The van der Waals surface area contributed by atoms with Crippen molar-refractivity contribution >= 4 is 0 Å². The van der Waals surface area contributed by atoms with Crippen LogP contribution in [-0.4, -0.2) is 5.11 Å². The van der Waals surface area contributed by atoms with Crippen molar-refractivity contribution in [3.63, 3.8) is 0 Å². The summed E-state index contributed by atoms with van der Waals surface area (Å²) in [4.78, 5) is 0. The van der Waals surface area contributed by atoms with E-state index in [-0.39, 0.29) is 5.41 Å². The molecule has 0 amide bonds. The summed E-state index contributed by atoms with van der Waals surface area (Å²) in [7, 11) is 0. The smallest absolute Gasteiger partial charge is 0.123 e. The molecule has 2 rings (SSSR count). The Morgan fingerprint density at radius 1 is 1.50 bits per heavy atom. The van der Waals surface area contributed by atoms with Gasteiger partial charge in [-0.15, -0.1) is 0 Å². The predicted octanol–water partition coefficient (Wildman–Crippen LogP) is 2.51. The van der Waals surface area contributed by atoms with Crippen molar-refractivity contribution < 1.29 is 5.11 Å². The van der Waals surface area contributed by atoms with Crippen molar-refractivity contribution in [1.29, 1.82) is 5.26 Å². The van der Waals surface area contributed by atoms with Gasteiger partial charge < -0.3 is 5.11 Å².